The molecule has 0 aliphatic heterocycles. The Morgan fingerprint density at radius 3 is 2.75 bits per heavy atom. The van der Waals surface area contributed by atoms with E-state index in [2.05, 4.69) is 26.0 Å². The van der Waals surface area contributed by atoms with Gasteiger partial charge in [-0.05, 0) is 35.8 Å². The van der Waals surface area contributed by atoms with Gasteiger partial charge in [-0.15, -0.1) is 0 Å². The molecule has 0 aromatic carbocycles. The van der Waals surface area contributed by atoms with Crippen molar-refractivity contribution in [3.63, 3.8) is 0 Å². The molecule has 0 bridgehead atoms. The molecule has 0 amide bonds. The highest BCUT2D eigenvalue weighted by molar-refractivity contribution is 9.10. The number of nitrogens with zero attached hydrogens (tertiary/aromatic N) is 4. The highest BCUT2D eigenvalue weighted by Gasteiger charge is 2.10. The van der Waals surface area contributed by atoms with Crippen molar-refractivity contribution in [3.05, 3.63) is 39.9 Å². The van der Waals surface area contributed by atoms with Gasteiger partial charge in [0.05, 0.1) is 21.5 Å². The number of pyridine rings is 1. The van der Waals surface area contributed by atoms with Crippen LogP contribution in [0, 0.1) is 25.2 Å². The Hall–Kier alpha value is -1.67. The zero-order chi connectivity index (χ0) is 11.7. The van der Waals surface area contributed by atoms with Gasteiger partial charge in [0.1, 0.15) is 11.8 Å². The van der Waals surface area contributed by atoms with Crippen molar-refractivity contribution in [2.75, 3.05) is 0 Å². The lowest BCUT2D eigenvalue weighted by atomic mass is 10.3. The number of nitriles is 1. The lowest BCUT2D eigenvalue weighted by Crippen LogP contribution is -2.00. The third-order valence-corrected chi connectivity index (χ3v) is 3.45. The largest absolute Gasteiger partial charge is 0.245 e. The van der Waals surface area contributed by atoms with Crippen molar-refractivity contribution in [1.82, 2.24) is 14.8 Å². The van der Waals surface area contributed by atoms with Crippen molar-refractivity contribution < 1.29 is 0 Å². The first-order valence-corrected chi connectivity index (χ1v) is 5.51. The van der Waals surface area contributed by atoms with Gasteiger partial charge in [0.15, 0.2) is 0 Å². The van der Waals surface area contributed by atoms with Gasteiger partial charge in [0.2, 0.25) is 0 Å². The molecule has 2 rings (SSSR count). The van der Waals surface area contributed by atoms with E-state index in [4.69, 9.17) is 5.26 Å². The summed E-state index contributed by atoms with van der Waals surface area (Å²) in [6.45, 7) is 3.90. The summed E-state index contributed by atoms with van der Waals surface area (Å²) < 4.78 is 2.78. The number of aromatic nitrogens is 3. The van der Waals surface area contributed by atoms with Gasteiger partial charge < -0.3 is 0 Å². The Morgan fingerprint density at radius 1 is 1.44 bits per heavy atom. The number of hydrogen-bond donors (Lipinski definition) is 0. The number of halogens is 1. The molecular weight excluding hydrogens is 268 g/mol. The van der Waals surface area contributed by atoms with Crippen molar-refractivity contribution in [1.29, 1.82) is 5.26 Å². The van der Waals surface area contributed by atoms with Crippen molar-refractivity contribution in [2.45, 2.75) is 13.8 Å². The van der Waals surface area contributed by atoms with Crippen LogP contribution in [-0.4, -0.2) is 14.8 Å². The van der Waals surface area contributed by atoms with E-state index >= 15 is 0 Å². The predicted molar refractivity (Wildman–Crippen MR) is 63.2 cm³/mol. The predicted octanol–water partition coefficient (Wildman–Crippen LogP) is 2.52. The van der Waals surface area contributed by atoms with Gasteiger partial charge in [-0.2, -0.15) is 10.4 Å². The SMILES string of the molecule is Cc1nn(-c2ccnc(C#N)c2)c(C)c1Br. The van der Waals surface area contributed by atoms with Crippen LogP contribution >= 0.6 is 15.9 Å². The van der Waals surface area contributed by atoms with Gasteiger partial charge >= 0.3 is 0 Å². The summed E-state index contributed by atoms with van der Waals surface area (Å²) in [6, 6.07) is 5.55. The molecule has 16 heavy (non-hydrogen) atoms. The summed E-state index contributed by atoms with van der Waals surface area (Å²) in [6.07, 6.45) is 1.61. The molecule has 2 aromatic heterocycles. The summed E-state index contributed by atoms with van der Waals surface area (Å²) in [5.74, 6) is 0. The fraction of sp³-hybridized carbons (Fsp3) is 0.182. The van der Waals surface area contributed by atoms with E-state index < -0.39 is 0 Å². The lowest BCUT2D eigenvalue weighted by molar-refractivity contribution is 0.830. The molecule has 2 heterocycles. The molecule has 0 aliphatic rings. The van der Waals surface area contributed by atoms with Crippen LogP contribution in [0.5, 0.6) is 0 Å². The van der Waals surface area contributed by atoms with Crippen LogP contribution in [0.3, 0.4) is 0 Å². The first-order valence-electron chi connectivity index (χ1n) is 4.71. The van der Waals surface area contributed by atoms with E-state index in [0.29, 0.717) is 5.69 Å². The molecular formula is C11H9BrN4. The topological polar surface area (TPSA) is 54.5 Å². The van der Waals surface area contributed by atoms with Crippen molar-refractivity contribution >= 4 is 15.9 Å². The Balaban J connectivity index is 2.59. The molecule has 0 spiro atoms. The first kappa shape index (κ1) is 10.8. The fourth-order valence-electron chi connectivity index (χ4n) is 1.49. The van der Waals surface area contributed by atoms with Crippen LogP contribution < -0.4 is 0 Å². The van der Waals surface area contributed by atoms with Gasteiger partial charge in [-0.25, -0.2) is 9.67 Å². The van der Waals surface area contributed by atoms with Crippen LogP contribution in [0.2, 0.25) is 0 Å². The zero-order valence-corrected chi connectivity index (χ0v) is 10.5. The molecule has 0 atom stereocenters. The summed E-state index contributed by atoms with van der Waals surface area (Å²) in [5, 5.41) is 13.2. The monoisotopic (exact) mass is 276 g/mol. The molecule has 0 saturated carbocycles. The maximum atomic E-state index is 8.79. The highest BCUT2D eigenvalue weighted by atomic mass is 79.9. The molecule has 0 aliphatic carbocycles. The van der Waals surface area contributed by atoms with Crippen LogP contribution in [0.15, 0.2) is 22.8 Å². The third kappa shape index (κ3) is 1.72. The van der Waals surface area contributed by atoms with Gasteiger partial charge in [0, 0.05) is 12.3 Å². The van der Waals surface area contributed by atoms with E-state index in [1.165, 1.54) is 0 Å². The Morgan fingerprint density at radius 2 is 2.19 bits per heavy atom. The smallest absolute Gasteiger partial charge is 0.142 e. The van der Waals surface area contributed by atoms with Gasteiger partial charge in [0.25, 0.3) is 0 Å². The highest BCUT2D eigenvalue weighted by Crippen LogP contribution is 2.22. The quantitative estimate of drug-likeness (QED) is 0.804. The summed E-state index contributed by atoms with van der Waals surface area (Å²) >= 11 is 3.47. The average molecular weight is 277 g/mol. The molecule has 80 valence electrons. The minimum absolute atomic E-state index is 0.390. The van der Waals surface area contributed by atoms with Gasteiger partial charge in [-0.1, -0.05) is 0 Å². The van der Waals surface area contributed by atoms with E-state index in [1.54, 1.807) is 16.9 Å². The van der Waals surface area contributed by atoms with Crippen LogP contribution in [0.4, 0.5) is 0 Å². The van der Waals surface area contributed by atoms with E-state index in [-0.39, 0.29) is 0 Å². The molecule has 0 radical (unpaired) electrons. The third-order valence-electron chi connectivity index (χ3n) is 2.31. The van der Waals surface area contributed by atoms with Crippen LogP contribution in [0.1, 0.15) is 17.1 Å². The molecule has 2 aromatic rings. The minimum atomic E-state index is 0.390. The van der Waals surface area contributed by atoms with Gasteiger partial charge in [-0.3, -0.25) is 0 Å². The Kier molecular flexibility index (Phi) is 2.75. The fourth-order valence-corrected chi connectivity index (χ4v) is 1.73. The Labute approximate surface area is 102 Å². The first-order chi connectivity index (χ1) is 7.63. The number of rotatable bonds is 1. The zero-order valence-electron chi connectivity index (χ0n) is 8.90. The summed E-state index contributed by atoms with van der Waals surface area (Å²) in [4.78, 5) is 3.93. The van der Waals surface area contributed by atoms with E-state index in [9.17, 15) is 0 Å². The van der Waals surface area contributed by atoms with E-state index in [1.807, 2.05) is 26.0 Å². The second-order valence-electron chi connectivity index (χ2n) is 3.41. The van der Waals surface area contributed by atoms with Crippen LogP contribution in [0.25, 0.3) is 5.69 Å². The van der Waals surface area contributed by atoms with E-state index in [0.717, 1.165) is 21.5 Å². The standard InChI is InChI=1S/C11H9BrN4/c1-7-11(12)8(2)16(15-7)10-3-4-14-9(5-10)6-13/h3-5H,1-2H3. The number of hydrogen-bond acceptors (Lipinski definition) is 3. The molecule has 5 heteroatoms. The molecule has 0 fully saturated rings. The average Bonchev–Trinajstić information content (AvgIpc) is 2.57. The summed E-state index contributed by atoms with van der Waals surface area (Å²) in [5.41, 5.74) is 3.17. The number of aryl methyl sites for hydroxylation is 1. The molecule has 0 N–H and O–H groups in total. The second kappa shape index (κ2) is 4.06. The molecule has 0 unspecified atom stereocenters. The minimum Gasteiger partial charge on any atom is -0.245 e. The Bertz CT molecular complexity index is 580. The van der Waals surface area contributed by atoms with Crippen LogP contribution in [-0.2, 0) is 0 Å². The summed E-state index contributed by atoms with van der Waals surface area (Å²) in [7, 11) is 0. The normalized spacial score (nSPS) is 10.1. The molecule has 4 nitrogen and oxygen atoms in total. The maximum Gasteiger partial charge on any atom is 0.142 e. The lowest BCUT2D eigenvalue weighted by Gasteiger charge is -2.03. The maximum absolute atomic E-state index is 8.79. The van der Waals surface area contributed by atoms with Crippen molar-refractivity contribution in [3.8, 4) is 11.8 Å². The van der Waals surface area contributed by atoms with Crippen molar-refractivity contribution in [2.24, 2.45) is 0 Å². The second-order valence-corrected chi connectivity index (χ2v) is 4.20. The molecule has 0 saturated heterocycles.